The maximum atomic E-state index is 14.0. The first-order chi connectivity index (χ1) is 15.2. The number of aliphatic carboxylic acids is 1. The van der Waals surface area contributed by atoms with Crippen LogP contribution in [0.25, 0.3) is 5.69 Å². The predicted octanol–water partition coefficient (Wildman–Crippen LogP) is 2.82. The number of hydrogen-bond acceptors (Lipinski definition) is 6. The molecule has 11 heteroatoms. The van der Waals surface area contributed by atoms with Crippen molar-refractivity contribution in [1.29, 1.82) is 0 Å². The summed E-state index contributed by atoms with van der Waals surface area (Å²) >= 11 is 0. The molecule has 1 heterocycles. The Hall–Kier alpha value is -4.15. The van der Waals surface area contributed by atoms with Gasteiger partial charge in [-0.1, -0.05) is 0 Å². The van der Waals surface area contributed by atoms with E-state index in [2.05, 4.69) is 10.4 Å². The fraction of sp³-hybridized carbons (Fsp3) is 0.190. The Labute approximate surface area is 180 Å². The molecule has 0 radical (unpaired) electrons. The molecular formula is C21H19F2N3O6. The van der Waals surface area contributed by atoms with Gasteiger partial charge in [-0.05, 0) is 24.3 Å². The average Bonchev–Trinajstić information content (AvgIpc) is 3.14. The minimum atomic E-state index is -1.19. The Morgan fingerprint density at radius 1 is 1.12 bits per heavy atom. The number of benzene rings is 2. The van der Waals surface area contributed by atoms with Crippen LogP contribution in [0.1, 0.15) is 28.5 Å². The zero-order valence-electron chi connectivity index (χ0n) is 17.0. The molecule has 0 aliphatic heterocycles. The van der Waals surface area contributed by atoms with Crippen LogP contribution >= 0.6 is 0 Å². The van der Waals surface area contributed by atoms with E-state index in [1.54, 1.807) is 12.1 Å². The molecule has 0 bridgehead atoms. The quantitative estimate of drug-likeness (QED) is 0.485. The molecule has 2 aromatic carbocycles. The molecule has 9 nitrogen and oxygen atoms in total. The number of aromatic hydroxyl groups is 1. The summed E-state index contributed by atoms with van der Waals surface area (Å²) in [6.07, 6.45) is -0.478. The number of carbonyl (C=O) groups is 2. The Balaban J connectivity index is 1.92. The number of carbonyl (C=O) groups excluding carboxylic acids is 1. The van der Waals surface area contributed by atoms with E-state index in [-0.39, 0.29) is 17.1 Å². The molecule has 3 N–H and O–H groups in total. The van der Waals surface area contributed by atoms with Crippen LogP contribution in [0.15, 0.2) is 42.5 Å². The second-order valence-corrected chi connectivity index (χ2v) is 6.63. The summed E-state index contributed by atoms with van der Waals surface area (Å²) in [5, 5.41) is 25.8. The monoisotopic (exact) mass is 447 g/mol. The van der Waals surface area contributed by atoms with Gasteiger partial charge in [0.05, 0.1) is 26.7 Å². The number of aromatic nitrogens is 2. The van der Waals surface area contributed by atoms with Crippen molar-refractivity contribution in [3.05, 3.63) is 65.4 Å². The third-order valence-electron chi connectivity index (χ3n) is 4.56. The van der Waals surface area contributed by atoms with Crippen molar-refractivity contribution in [1.82, 2.24) is 15.1 Å². The zero-order chi connectivity index (χ0) is 23.4. The van der Waals surface area contributed by atoms with Crippen LogP contribution < -0.4 is 14.8 Å². The van der Waals surface area contributed by atoms with Crippen LogP contribution in [-0.2, 0) is 4.79 Å². The van der Waals surface area contributed by atoms with Crippen LogP contribution in [0.4, 0.5) is 8.78 Å². The molecule has 3 aromatic rings. The van der Waals surface area contributed by atoms with E-state index in [1.165, 1.54) is 20.3 Å². The Morgan fingerprint density at radius 3 is 2.50 bits per heavy atom. The average molecular weight is 447 g/mol. The summed E-state index contributed by atoms with van der Waals surface area (Å²) < 4.78 is 38.3. The lowest BCUT2D eigenvalue weighted by Gasteiger charge is -2.20. The summed E-state index contributed by atoms with van der Waals surface area (Å²) in [6.45, 7) is 0. The smallest absolute Gasteiger partial charge is 0.305 e. The van der Waals surface area contributed by atoms with Crippen molar-refractivity contribution in [2.24, 2.45) is 0 Å². The van der Waals surface area contributed by atoms with Crippen LogP contribution in [0.5, 0.6) is 17.4 Å². The van der Waals surface area contributed by atoms with Crippen molar-refractivity contribution in [3.8, 4) is 23.1 Å². The van der Waals surface area contributed by atoms with Gasteiger partial charge in [-0.15, -0.1) is 0 Å². The van der Waals surface area contributed by atoms with Gasteiger partial charge in [0.15, 0.2) is 11.5 Å². The molecule has 3 rings (SSSR count). The first kappa shape index (κ1) is 22.5. The lowest BCUT2D eigenvalue weighted by molar-refractivity contribution is -0.137. The standard InChI is InChI=1S/C21H19F2N3O6/c1-31-12-4-5-13(18(8-12)32-2)15(10-20(28)29)24-21(30)16-9-19(27)26(25-16)17-6-3-11(22)7-14(17)23/h3-9,15,27H,10H2,1-2H3,(H,24,30)(H,28,29). The number of nitrogens with one attached hydrogen (secondary N) is 1. The Morgan fingerprint density at radius 2 is 1.88 bits per heavy atom. The molecule has 0 saturated carbocycles. The summed E-state index contributed by atoms with van der Waals surface area (Å²) in [5.74, 6) is -3.64. The number of nitrogens with zero attached hydrogens (tertiary/aromatic N) is 2. The molecule has 0 aliphatic carbocycles. The van der Waals surface area contributed by atoms with E-state index in [4.69, 9.17) is 9.47 Å². The van der Waals surface area contributed by atoms with Crippen LogP contribution in [0.3, 0.4) is 0 Å². The normalized spacial score (nSPS) is 11.6. The number of rotatable bonds is 8. The van der Waals surface area contributed by atoms with E-state index >= 15 is 0 Å². The zero-order valence-corrected chi connectivity index (χ0v) is 17.0. The third-order valence-corrected chi connectivity index (χ3v) is 4.56. The van der Waals surface area contributed by atoms with Gasteiger partial charge in [-0.25, -0.2) is 8.78 Å². The highest BCUT2D eigenvalue weighted by Gasteiger charge is 2.25. The van der Waals surface area contributed by atoms with Crippen LogP contribution in [0.2, 0.25) is 0 Å². The van der Waals surface area contributed by atoms with Crippen molar-refractivity contribution in [2.75, 3.05) is 14.2 Å². The second-order valence-electron chi connectivity index (χ2n) is 6.63. The Kier molecular flexibility index (Phi) is 6.57. The molecule has 1 unspecified atom stereocenters. The number of methoxy groups -OCH3 is 2. The number of carboxylic acid groups (broad SMARTS) is 1. The minimum Gasteiger partial charge on any atom is -0.497 e. The summed E-state index contributed by atoms with van der Waals surface area (Å²) in [4.78, 5) is 24.1. The van der Waals surface area contributed by atoms with Crippen molar-refractivity contribution in [2.45, 2.75) is 12.5 Å². The molecule has 32 heavy (non-hydrogen) atoms. The number of carboxylic acids is 1. The van der Waals surface area contributed by atoms with Crippen molar-refractivity contribution in [3.63, 3.8) is 0 Å². The maximum Gasteiger partial charge on any atom is 0.305 e. The molecule has 0 saturated heterocycles. The van der Waals surface area contributed by atoms with Gasteiger partial charge < -0.3 is 25.0 Å². The highest BCUT2D eigenvalue weighted by Crippen LogP contribution is 2.31. The van der Waals surface area contributed by atoms with Gasteiger partial charge in [0.25, 0.3) is 5.91 Å². The molecule has 0 aliphatic rings. The summed E-state index contributed by atoms with van der Waals surface area (Å²) in [6, 6.07) is 7.25. The highest BCUT2D eigenvalue weighted by atomic mass is 19.1. The van der Waals surface area contributed by atoms with E-state index in [0.29, 0.717) is 17.4 Å². The molecule has 168 valence electrons. The first-order valence-corrected chi connectivity index (χ1v) is 9.22. The Bertz CT molecular complexity index is 1160. The topological polar surface area (TPSA) is 123 Å². The van der Waals surface area contributed by atoms with Gasteiger partial charge in [-0.2, -0.15) is 9.78 Å². The van der Waals surface area contributed by atoms with E-state index in [0.717, 1.165) is 22.9 Å². The third kappa shape index (κ3) is 4.77. The number of hydrogen-bond donors (Lipinski definition) is 3. The van der Waals surface area contributed by atoms with Crippen molar-refractivity contribution >= 4 is 11.9 Å². The first-order valence-electron chi connectivity index (χ1n) is 9.22. The molecule has 0 fully saturated rings. The van der Waals surface area contributed by atoms with Gasteiger partial charge in [0.1, 0.15) is 23.0 Å². The lowest BCUT2D eigenvalue weighted by Crippen LogP contribution is -2.31. The highest BCUT2D eigenvalue weighted by molar-refractivity contribution is 5.93. The maximum absolute atomic E-state index is 14.0. The van der Waals surface area contributed by atoms with E-state index in [9.17, 15) is 28.6 Å². The number of halogens is 2. The molecule has 0 spiro atoms. The largest absolute Gasteiger partial charge is 0.497 e. The fourth-order valence-electron chi connectivity index (χ4n) is 3.06. The minimum absolute atomic E-state index is 0.276. The molecule has 1 amide bonds. The number of ether oxygens (including phenoxy) is 2. The second kappa shape index (κ2) is 9.33. The predicted molar refractivity (Wildman–Crippen MR) is 107 cm³/mol. The molecule has 1 atom stereocenters. The van der Waals surface area contributed by atoms with E-state index < -0.39 is 41.9 Å². The molecule has 1 aromatic heterocycles. The van der Waals surface area contributed by atoms with Gasteiger partial charge in [-0.3, -0.25) is 9.59 Å². The lowest BCUT2D eigenvalue weighted by atomic mass is 10.0. The van der Waals surface area contributed by atoms with Gasteiger partial charge in [0.2, 0.25) is 5.88 Å². The summed E-state index contributed by atoms with van der Waals surface area (Å²) in [5.41, 5.74) is -0.215. The van der Waals surface area contributed by atoms with Gasteiger partial charge >= 0.3 is 5.97 Å². The van der Waals surface area contributed by atoms with Crippen molar-refractivity contribution < 1.29 is 38.1 Å². The van der Waals surface area contributed by atoms with Crippen LogP contribution in [0, 0.1) is 11.6 Å². The van der Waals surface area contributed by atoms with Crippen LogP contribution in [-0.4, -0.2) is 46.1 Å². The summed E-state index contributed by atoms with van der Waals surface area (Å²) in [7, 11) is 2.84. The molecular weight excluding hydrogens is 428 g/mol. The number of amides is 1. The van der Waals surface area contributed by atoms with E-state index in [1.807, 2.05) is 0 Å². The van der Waals surface area contributed by atoms with Gasteiger partial charge in [0, 0.05) is 23.8 Å². The fourth-order valence-corrected chi connectivity index (χ4v) is 3.06. The SMILES string of the molecule is COc1ccc(C(CC(=O)O)NC(=O)c2cc(O)n(-c3ccc(F)cc3F)n2)c(OC)c1.